The van der Waals surface area contributed by atoms with Gasteiger partial charge in [0.25, 0.3) is 0 Å². The number of hydrogen-bond donors (Lipinski definition) is 1. The first-order valence-electron chi connectivity index (χ1n) is 4.71. The van der Waals surface area contributed by atoms with E-state index in [1.54, 1.807) is 0 Å². The van der Waals surface area contributed by atoms with Crippen molar-refractivity contribution < 1.29 is 4.79 Å². The van der Waals surface area contributed by atoms with E-state index in [-0.39, 0.29) is 17.8 Å². The van der Waals surface area contributed by atoms with E-state index in [1.165, 1.54) is 0 Å². The first kappa shape index (κ1) is 10.8. The van der Waals surface area contributed by atoms with Gasteiger partial charge in [-0.1, -0.05) is 0 Å². The molecule has 76 valence electrons. The highest BCUT2D eigenvalue weighted by Gasteiger charge is 2.45. The average Bonchev–Trinajstić information content (AvgIpc) is 2.37. The monoisotopic (exact) mass is 204 g/mol. The smallest absolute Gasteiger partial charge is 0.228 e. The van der Waals surface area contributed by atoms with Crippen LogP contribution in [0.4, 0.5) is 0 Å². The van der Waals surface area contributed by atoms with Crippen LogP contribution in [0.25, 0.3) is 0 Å². The molecule has 0 aromatic carbocycles. The summed E-state index contributed by atoms with van der Waals surface area (Å²) in [6, 6.07) is 0. The molecule has 1 amide bonds. The third-order valence-electron chi connectivity index (χ3n) is 3.29. The maximum absolute atomic E-state index is 11.8. The van der Waals surface area contributed by atoms with Gasteiger partial charge in [0, 0.05) is 13.6 Å². The lowest BCUT2D eigenvalue weighted by molar-refractivity contribution is -0.136. The summed E-state index contributed by atoms with van der Waals surface area (Å²) in [5.41, 5.74) is 0.0278. The van der Waals surface area contributed by atoms with E-state index in [2.05, 4.69) is 5.32 Å². The van der Waals surface area contributed by atoms with Gasteiger partial charge in [0.05, 0.1) is 5.41 Å². The van der Waals surface area contributed by atoms with E-state index in [0.29, 0.717) is 5.91 Å². The van der Waals surface area contributed by atoms with Crippen molar-refractivity contribution in [3.8, 4) is 0 Å². The third-order valence-corrected chi connectivity index (χ3v) is 3.29. The fourth-order valence-corrected chi connectivity index (χ4v) is 2.36. The van der Waals surface area contributed by atoms with Gasteiger partial charge in [0.2, 0.25) is 5.91 Å². The Kier molecular flexibility index (Phi) is 3.19. The van der Waals surface area contributed by atoms with Gasteiger partial charge < -0.3 is 10.2 Å². The van der Waals surface area contributed by atoms with Gasteiger partial charge >= 0.3 is 0 Å². The molecule has 0 unspecified atom stereocenters. The predicted octanol–water partition coefficient (Wildman–Crippen LogP) is 0.640. The summed E-state index contributed by atoms with van der Waals surface area (Å²) in [5.74, 6) is 0.379. The van der Waals surface area contributed by atoms with Crippen LogP contribution in [0.2, 0.25) is 0 Å². The first-order valence-corrected chi connectivity index (χ1v) is 4.71. The zero-order valence-corrected chi connectivity index (χ0v) is 8.82. The highest BCUT2D eigenvalue weighted by Crippen LogP contribution is 2.38. The van der Waals surface area contributed by atoms with Crippen LogP contribution in [0.3, 0.4) is 0 Å². The fourth-order valence-electron chi connectivity index (χ4n) is 2.36. The van der Waals surface area contributed by atoms with Crippen molar-refractivity contribution in [3.63, 3.8) is 0 Å². The van der Waals surface area contributed by atoms with Gasteiger partial charge in [0.15, 0.2) is 0 Å². The highest BCUT2D eigenvalue weighted by atomic mass is 35.5. The maximum atomic E-state index is 11.8. The highest BCUT2D eigenvalue weighted by molar-refractivity contribution is 5.85. The van der Waals surface area contributed by atoms with Crippen LogP contribution in [-0.2, 0) is 4.79 Å². The largest absolute Gasteiger partial charge is 0.345 e. The zero-order chi connectivity index (χ0) is 8.60. The van der Waals surface area contributed by atoms with Crippen LogP contribution in [0.5, 0.6) is 0 Å². The molecule has 0 bridgehead atoms. The molecule has 2 fully saturated rings. The molecule has 0 atom stereocenters. The molecule has 2 aliphatic heterocycles. The number of amides is 1. The molecule has 0 aromatic heterocycles. The quantitative estimate of drug-likeness (QED) is 0.628. The lowest BCUT2D eigenvalue weighted by atomic mass is 9.78. The minimum absolute atomic E-state index is 0. The lowest BCUT2D eigenvalue weighted by Crippen LogP contribution is -2.41. The van der Waals surface area contributed by atoms with Crippen molar-refractivity contribution in [3.05, 3.63) is 0 Å². The second-order valence-electron chi connectivity index (χ2n) is 4.01. The zero-order valence-electron chi connectivity index (χ0n) is 8.01. The number of halogens is 1. The summed E-state index contributed by atoms with van der Waals surface area (Å²) in [6.07, 6.45) is 3.15. The second-order valence-corrected chi connectivity index (χ2v) is 4.01. The Balaban J connectivity index is 0.000000845. The van der Waals surface area contributed by atoms with Gasteiger partial charge in [-0.2, -0.15) is 0 Å². The summed E-state index contributed by atoms with van der Waals surface area (Å²) in [5, 5.41) is 3.30. The Morgan fingerprint density at radius 2 is 1.92 bits per heavy atom. The molecule has 1 N–H and O–H groups in total. The molecule has 0 radical (unpaired) electrons. The van der Waals surface area contributed by atoms with Crippen LogP contribution in [0, 0.1) is 5.41 Å². The Morgan fingerprint density at radius 3 is 2.38 bits per heavy atom. The summed E-state index contributed by atoms with van der Waals surface area (Å²) in [6.45, 7) is 2.98. The van der Waals surface area contributed by atoms with Crippen molar-refractivity contribution in [2.45, 2.75) is 19.3 Å². The van der Waals surface area contributed by atoms with E-state index >= 15 is 0 Å². The normalized spacial score (nSPS) is 26.2. The van der Waals surface area contributed by atoms with Gasteiger partial charge in [-0.05, 0) is 32.4 Å². The number of piperidine rings is 1. The number of nitrogens with one attached hydrogen (secondary N) is 1. The lowest BCUT2D eigenvalue weighted by Gasteiger charge is -2.31. The molecule has 2 rings (SSSR count). The molecule has 0 aliphatic carbocycles. The van der Waals surface area contributed by atoms with Crippen LogP contribution < -0.4 is 5.32 Å². The van der Waals surface area contributed by atoms with E-state index in [0.717, 1.165) is 38.9 Å². The van der Waals surface area contributed by atoms with Gasteiger partial charge in [-0.3, -0.25) is 4.79 Å². The predicted molar refractivity (Wildman–Crippen MR) is 54.0 cm³/mol. The van der Waals surface area contributed by atoms with Crippen molar-refractivity contribution in [2.75, 3.05) is 26.7 Å². The molecule has 2 aliphatic rings. The molecular weight excluding hydrogens is 188 g/mol. The van der Waals surface area contributed by atoms with Gasteiger partial charge in [0.1, 0.15) is 0 Å². The van der Waals surface area contributed by atoms with Crippen molar-refractivity contribution in [1.29, 1.82) is 0 Å². The Morgan fingerprint density at radius 1 is 1.31 bits per heavy atom. The summed E-state index contributed by atoms with van der Waals surface area (Å²) < 4.78 is 0. The molecule has 2 heterocycles. The van der Waals surface area contributed by atoms with Crippen molar-refractivity contribution >= 4 is 18.3 Å². The minimum Gasteiger partial charge on any atom is -0.345 e. The number of nitrogens with zero attached hydrogens (tertiary/aromatic N) is 1. The van der Waals surface area contributed by atoms with E-state index in [1.807, 2.05) is 11.9 Å². The number of rotatable bonds is 0. The third kappa shape index (κ3) is 1.67. The number of likely N-dealkylation sites (tertiary alicyclic amines) is 1. The summed E-state index contributed by atoms with van der Waals surface area (Å²) in [4.78, 5) is 13.7. The maximum Gasteiger partial charge on any atom is 0.228 e. The number of carbonyl (C=O) groups is 1. The molecular formula is C9H17ClN2O. The Bertz CT molecular complexity index is 196. The molecule has 13 heavy (non-hydrogen) atoms. The van der Waals surface area contributed by atoms with Crippen LogP contribution >= 0.6 is 12.4 Å². The van der Waals surface area contributed by atoms with E-state index in [4.69, 9.17) is 0 Å². The topological polar surface area (TPSA) is 32.3 Å². The minimum atomic E-state index is 0. The standard InChI is InChI=1S/C9H16N2O.ClH/c1-11-7-4-9(8(11)12)2-5-10-6-3-9;/h10H,2-7H2,1H3;1H. The number of hydrogen-bond acceptors (Lipinski definition) is 2. The molecule has 3 nitrogen and oxygen atoms in total. The molecule has 0 saturated carbocycles. The molecule has 0 aromatic rings. The van der Waals surface area contributed by atoms with E-state index < -0.39 is 0 Å². The summed E-state index contributed by atoms with van der Waals surface area (Å²) in [7, 11) is 1.92. The van der Waals surface area contributed by atoms with E-state index in [9.17, 15) is 4.79 Å². The SMILES string of the molecule is CN1CCC2(CCNCC2)C1=O.Cl. The fraction of sp³-hybridized carbons (Fsp3) is 0.889. The van der Waals surface area contributed by atoms with Crippen molar-refractivity contribution in [1.82, 2.24) is 10.2 Å². The average molecular weight is 205 g/mol. The van der Waals surface area contributed by atoms with Crippen LogP contribution in [0.1, 0.15) is 19.3 Å². The molecule has 2 saturated heterocycles. The summed E-state index contributed by atoms with van der Waals surface area (Å²) >= 11 is 0. The molecule has 4 heteroatoms. The molecule has 1 spiro atoms. The second kappa shape index (κ2) is 3.84. The van der Waals surface area contributed by atoms with Crippen LogP contribution in [0.15, 0.2) is 0 Å². The van der Waals surface area contributed by atoms with Crippen LogP contribution in [-0.4, -0.2) is 37.5 Å². The Hall–Kier alpha value is -0.280. The van der Waals surface area contributed by atoms with Crippen molar-refractivity contribution in [2.24, 2.45) is 5.41 Å². The Labute approximate surface area is 85.3 Å². The van der Waals surface area contributed by atoms with Gasteiger partial charge in [-0.15, -0.1) is 12.4 Å². The number of carbonyl (C=O) groups excluding carboxylic acids is 1. The first-order chi connectivity index (χ1) is 5.75. The van der Waals surface area contributed by atoms with Gasteiger partial charge in [-0.25, -0.2) is 0 Å².